The SMILES string of the molecule is CCCNC(CCOc1ccccc1)c1cnn(C)c1. The number of para-hydroxylation sites is 1. The highest BCUT2D eigenvalue weighted by atomic mass is 16.5. The first kappa shape index (κ1) is 14.6. The van der Waals surface area contributed by atoms with E-state index in [1.165, 1.54) is 5.56 Å². The van der Waals surface area contributed by atoms with Gasteiger partial charge in [0.1, 0.15) is 5.75 Å². The third kappa shape index (κ3) is 4.38. The van der Waals surface area contributed by atoms with Crippen LogP contribution in [0.3, 0.4) is 0 Å². The fraction of sp³-hybridized carbons (Fsp3) is 0.438. The van der Waals surface area contributed by atoms with Crippen molar-refractivity contribution < 1.29 is 4.74 Å². The molecule has 1 atom stereocenters. The highest BCUT2D eigenvalue weighted by molar-refractivity contribution is 5.21. The first-order valence-electron chi connectivity index (χ1n) is 7.19. The maximum atomic E-state index is 5.78. The lowest BCUT2D eigenvalue weighted by Crippen LogP contribution is -2.23. The largest absolute Gasteiger partial charge is 0.494 e. The molecule has 1 aromatic carbocycles. The van der Waals surface area contributed by atoms with Gasteiger partial charge in [-0.25, -0.2) is 0 Å². The molecule has 1 N–H and O–H groups in total. The highest BCUT2D eigenvalue weighted by Crippen LogP contribution is 2.17. The van der Waals surface area contributed by atoms with Crippen molar-refractivity contribution in [2.75, 3.05) is 13.2 Å². The molecule has 1 heterocycles. The number of nitrogens with one attached hydrogen (secondary N) is 1. The van der Waals surface area contributed by atoms with Crippen molar-refractivity contribution >= 4 is 0 Å². The molecule has 0 saturated heterocycles. The zero-order valence-corrected chi connectivity index (χ0v) is 12.2. The summed E-state index contributed by atoms with van der Waals surface area (Å²) in [6, 6.07) is 10.2. The predicted octanol–water partition coefficient (Wildman–Crippen LogP) is 2.93. The molecule has 1 unspecified atom stereocenters. The summed E-state index contributed by atoms with van der Waals surface area (Å²) in [6.07, 6.45) is 6.04. The number of aryl methyl sites for hydroxylation is 1. The van der Waals surface area contributed by atoms with E-state index in [0.717, 1.165) is 25.1 Å². The standard InChI is InChI=1S/C16H23N3O/c1-3-10-17-16(14-12-18-19(2)13-14)9-11-20-15-7-5-4-6-8-15/h4-8,12-13,16-17H,3,9-11H2,1-2H3. The van der Waals surface area contributed by atoms with Gasteiger partial charge in [-0.2, -0.15) is 5.10 Å². The lowest BCUT2D eigenvalue weighted by atomic mass is 10.1. The molecule has 0 fully saturated rings. The predicted molar refractivity (Wildman–Crippen MR) is 80.8 cm³/mol. The van der Waals surface area contributed by atoms with E-state index in [-0.39, 0.29) is 0 Å². The lowest BCUT2D eigenvalue weighted by molar-refractivity contribution is 0.286. The third-order valence-electron chi connectivity index (χ3n) is 3.19. The van der Waals surface area contributed by atoms with Gasteiger partial charge >= 0.3 is 0 Å². The lowest BCUT2D eigenvalue weighted by Gasteiger charge is -2.17. The Morgan fingerprint density at radius 3 is 2.75 bits per heavy atom. The van der Waals surface area contributed by atoms with E-state index in [9.17, 15) is 0 Å². The van der Waals surface area contributed by atoms with Gasteiger partial charge in [-0.1, -0.05) is 25.1 Å². The van der Waals surface area contributed by atoms with Gasteiger partial charge in [-0.3, -0.25) is 4.68 Å². The zero-order valence-electron chi connectivity index (χ0n) is 12.2. The van der Waals surface area contributed by atoms with Crippen LogP contribution in [0.2, 0.25) is 0 Å². The summed E-state index contributed by atoms with van der Waals surface area (Å²) in [7, 11) is 1.95. The molecular weight excluding hydrogens is 250 g/mol. The van der Waals surface area contributed by atoms with Crippen molar-refractivity contribution in [2.45, 2.75) is 25.8 Å². The zero-order chi connectivity index (χ0) is 14.2. The maximum Gasteiger partial charge on any atom is 0.119 e. The molecule has 0 aliphatic carbocycles. The average Bonchev–Trinajstić information content (AvgIpc) is 2.90. The molecule has 0 aliphatic heterocycles. The van der Waals surface area contributed by atoms with Crippen molar-refractivity contribution in [3.63, 3.8) is 0 Å². The van der Waals surface area contributed by atoms with Crippen LogP contribution in [0.1, 0.15) is 31.4 Å². The van der Waals surface area contributed by atoms with Crippen LogP contribution in [-0.2, 0) is 7.05 Å². The number of nitrogens with zero attached hydrogens (tertiary/aromatic N) is 2. The van der Waals surface area contributed by atoms with E-state index >= 15 is 0 Å². The molecule has 4 nitrogen and oxygen atoms in total. The van der Waals surface area contributed by atoms with E-state index < -0.39 is 0 Å². The van der Waals surface area contributed by atoms with Gasteiger partial charge < -0.3 is 10.1 Å². The summed E-state index contributed by atoms with van der Waals surface area (Å²) in [5.41, 5.74) is 1.22. The van der Waals surface area contributed by atoms with Crippen LogP contribution >= 0.6 is 0 Å². The molecule has 4 heteroatoms. The van der Waals surface area contributed by atoms with Crippen molar-refractivity contribution in [1.82, 2.24) is 15.1 Å². The second-order valence-electron chi connectivity index (χ2n) is 4.90. The summed E-state index contributed by atoms with van der Waals surface area (Å²) >= 11 is 0. The average molecular weight is 273 g/mol. The van der Waals surface area contributed by atoms with Gasteiger partial charge in [-0.05, 0) is 25.1 Å². The maximum absolute atomic E-state index is 5.78. The van der Waals surface area contributed by atoms with E-state index in [0.29, 0.717) is 12.6 Å². The molecule has 2 aromatic rings. The Hall–Kier alpha value is -1.81. The fourth-order valence-electron chi connectivity index (χ4n) is 2.14. The number of aromatic nitrogens is 2. The first-order valence-corrected chi connectivity index (χ1v) is 7.19. The molecule has 0 amide bonds. The van der Waals surface area contributed by atoms with Gasteiger partial charge in [0, 0.05) is 31.3 Å². The van der Waals surface area contributed by atoms with Crippen LogP contribution in [0, 0.1) is 0 Å². The van der Waals surface area contributed by atoms with Crippen molar-refractivity contribution in [3.8, 4) is 5.75 Å². The third-order valence-corrected chi connectivity index (χ3v) is 3.19. The van der Waals surface area contributed by atoms with Gasteiger partial charge in [0.25, 0.3) is 0 Å². The van der Waals surface area contributed by atoms with Crippen LogP contribution in [0.4, 0.5) is 0 Å². The highest BCUT2D eigenvalue weighted by Gasteiger charge is 2.12. The summed E-state index contributed by atoms with van der Waals surface area (Å²) in [5.74, 6) is 0.924. The first-order chi connectivity index (χ1) is 9.79. The Kier molecular flexibility index (Phi) is 5.62. The summed E-state index contributed by atoms with van der Waals surface area (Å²) in [5, 5.41) is 7.80. The van der Waals surface area contributed by atoms with Gasteiger partial charge in [0.2, 0.25) is 0 Å². The molecule has 2 rings (SSSR count). The van der Waals surface area contributed by atoms with Crippen molar-refractivity contribution in [2.24, 2.45) is 7.05 Å². The van der Waals surface area contributed by atoms with Crippen molar-refractivity contribution in [1.29, 1.82) is 0 Å². The van der Waals surface area contributed by atoms with E-state index in [1.54, 1.807) is 0 Å². The molecule has 0 radical (unpaired) electrons. The molecule has 1 aromatic heterocycles. The number of rotatable bonds is 8. The summed E-state index contributed by atoms with van der Waals surface area (Å²) in [4.78, 5) is 0. The Morgan fingerprint density at radius 1 is 1.30 bits per heavy atom. The smallest absolute Gasteiger partial charge is 0.119 e. The van der Waals surface area contributed by atoms with E-state index in [2.05, 4.69) is 23.5 Å². The number of ether oxygens (including phenoxy) is 1. The van der Waals surface area contributed by atoms with Crippen LogP contribution in [-0.4, -0.2) is 22.9 Å². The summed E-state index contributed by atoms with van der Waals surface area (Å²) in [6.45, 7) is 3.87. The van der Waals surface area contributed by atoms with Crippen LogP contribution in [0.15, 0.2) is 42.7 Å². The van der Waals surface area contributed by atoms with E-state index in [4.69, 9.17) is 4.74 Å². The van der Waals surface area contributed by atoms with Crippen molar-refractivity contribution in [3.05, 3.63) is 48.3 Å². The Bertz CT molecular complexity index is 495. The summed E-state index contributed by atoms with van der Waals surface area (Å²) < 4.78 is 7.62. The molecular formula is C16H23N3O. The molecule has 20 heavy (non-hydrogen) atoms. The van der Waals surface area contributed by atoms with Crippen LogP contribution < -0.4 is 10.1 Å². The molecule has 0 bridgehead atoms. The molecule has 108 valence electrons. The Balaban J connectivity index is 1.87. The van der Waals surface area contributed by atoms with Gasteiger partial charge in [0.15, 0.2) is 0 Å². The number of hydrogen-bond acceptors (Lipinski definition) is 3. The Morgan fingerprint density at radius 2 is 2.10 bits per heavy atom. The second-order valence-corrected chi connectivity index (χ2v) is 4.90. The minimum Gasteiger partial charge on any atom is -0.494 e. The minimum atomic E-state index is 0.298. The van der Waals surface area contributed by atoms with Gasteiger partial charge in [-0.15, -0.1) is 0 Å². The normalized spacial score (nSPS) is 12.3. The topological polar surface area (TPSA) is 39.1 Å². The number of benzene rings is 1. The molecule has 0 aliphatic rings. The van der Waals surface area contributed by atoms with Gasteiger partial charge in [0.05, 0.1) is 12.8 Å². The van der Waals surface area contributed by atoms with Crippen LogP contribution in [0.25, 0.3) is 0 Å². The van der Waals surface area contributed by atoms with E-state index in [1.807, 2.05) is 48.3 Å². The van der Waals surface area contributed by atoms with Crippen LogP contribution in [0.5, 0.6) is 5.75 Å². The quantitative estimate of drug-likeness (QED) is 0.803. The molecule has 0 spiro atoms. The molecule has 0 saturated carbocycles. The Labute approximate surface area is 120 Å². The minimum absolute atomic E-state index is 0.298. The second kappa shape index (κ2) is 7.70. The number of hydrogen-bond donors (Lipinski definition) is 1. The fourth-order valence-corrected chi connectivity index (χ4v) is 2.14. The monoisotopic (exact) mass is 273 g/mol.